The Hall–Kier alpha value is -0.610. The second-order valence-electron chi connectivity index (χ2n) is 3.66. The normalized spacial score (nSPS) is 18.2. The third-order valence-corrected chi connectivity index (χ3v) is 3.34. The molecule has 2 nitrogen and oxygen atoms in total. The molecule has 3 N–H and O–H groups in total. The van der Waals surface area contributed by atoms with E-state index in [1.807, 2.05) is 0 Å². The van der Waals surface area contributed by atoms with Crippen LogP contribution < -0.4 is 5.73 Å². The molecule has 1 aromatic carbocycles. The van der Waals surface area contributed by atoms with Gasteiger partial charge in [0, 0.05) is 11.6 Å². The minimum atomic E-state index is -0.464. The van der Waals surface area contributed by atoms with Gasteiger partial charge in [-0.25, -0.2) is 4.39 Å². The van der Waals surface area contributed by atoms with Crippen LogP contribution in [0.1, 0.15) is 24.4 Å². The van der Waals surface area contributed by atoms with E-state index in [0.717, 1.165) is 12.8 Å². The smallest absolute Gasteiger partial charge is 0.141 e. The minimum absolute atomic E-state index is 0.0654. The number of nitrogens with two attached hydrogens (primary N) is 1. The molecule has 14 heavy (non-hydrogen) atoms. The molecule has 2 rings (SSSR count). The second kappa shape index (κ2) is 3.51. The first-order valence-corrected chi connectivity index (χ1v) is 5.33. The highest BCUT2D eigenvalue weighted by Gasteiger charge is 2.31. The van der Waals surface area contributed by atoms with E-state index in [-0.39, 0.29) is 16.3 Å². The van der Waals surface area contributed by atoms with Crippen molar-refractivity contribution in [1.82, 2.24) is 0 Å². The average Bonchev–Trinajstić information content (AvgIpc) is 2.97. The van der Waals surface area contributed by atoms with Crippen LogP contribution in [0.25, 0.3) is 0 Å². The van der Waals surface area contributed by atoms with Crippen molar-refractivity contribution >= 4 is 15.9 Å². The van der Waals surface area contributed by atoms with Crippen molar-refractivity contribution in [1.29, 1.82) is 0 Å². The van der Waals surface area contributed by atoms with Gasteiger partial charge in [-0.15, -0.1) is 0 Å². The molecular formula is C10H11BrFNO. The topological polar surface area (TPSA) is 46.2 Å². The van der Waals surface area contributed by atoms with Gasteiger partial charge in [-0.05, 0) is 40.8 Å². The number of phenols is 1. The van der Waals surface area contributed by atoms with Crippen LogP contribution in [0.15, 0.2) is 16.6 Å². The van der Waals surface area contributed by atoms with Crippen molar-refractivity contribution in [3.05, 3.63) is 28.0 Å². The minimum Gasteiger partial charge on any atom is -0.506 e. The molecule has 0 spiro atoms. The Balaban J connectivity index is 2.38. The van der Waals surface area contributed by atoms with Crippen LogP contribution in [0, 0.1) is 11.7 Å². The molecule has 0 heterocycles. The zero-order valence-electron chi connectivity index (χ0n) is 7.50. The molecule has 0 aliphatic heterocycles. The van der Waals surface area contributed by atoms with Crippen LogP contribution in [0.4, 0.5) is 4.39 Å². The van der Waals surface area contributed by atoms with E-state index in [9.17, 15) is 9.50 Å². The fraction of sp³-hybridized carbons (Fsp3) is 0.400. The van der Waals surface area contributed by atoms with Gasteiger partial charge in [0.2, 0.25) is 0 Å². The quantitative estimate of drug-likeness (QED) is 0.858. The molecular weight excluding hydrogens is 249 g/mol. The van der Waals surface area contributed by atoms with Crippen molar-refractivity contribution in [2.24, 2.45) is 11.7 Å². The van der Waals surface area contributed by atoms with Gasteiger partial charge in [0.05, 0.1) is 4.47 Å². The van der Waals surface area contributed by atoms with Crippen molar-refractivity contribution in [2.75, 3.05) is 0 Å². The van der Waals surface area contributed by atoms with Gasteiger partial charge in [0.1, 0.15) is 11.6 Å². The maximum Gasteiger partial charge on any atom is 0.141 e. The monoisotopic (exact) mass is 259 g/mol. The molecule has 1 aliphatic rings. The van der Waals surface area contributed by atoms with Gasteiger partial charge in [0.15, 0.2) is 0 Å². The Labute approximate surface area is 90.1 Å². The largest absolute Gasteiger partial charge is 0.506 e. The summed E-state index contributed by atoms with van der Waals surface area (Å²) in [5.41, 5.74) is 6.54. The molecule has 4 heteroatoms. The first-order chi connectivity index (χ1) is 6.61. The van der Waals surface area contributed by atoms with Gasteiger partial charge in [-0.2, -0.15) is 0 Å². The van der Waals surface area contributed by atoms with E-state index in [4.69, 9.17) is 5.73 Å². The number of phenolic OH excluding ortho intramolecular Hbond substituents is 1. The second-order valence-corrected chi connectivity index (χ2v) is 4.46. The fourth-order valence-electron chi connectivity index (χ4n) is 1.53. The van der Waals surface area contributed by atoms with E-state index in [0.29, 0.717) is 11.5 Å². The SMILES string of the molecule is N[C@@H](c1ccc(F)c(Br)c1O)C1CC1. The first-order valence-electron chi connectivity index (χ1n) is 4.53. The van der Waals surface area contributed by atoms with E-state index >= 15 is 0 Å². The number of aromatic hydroxyl groups is 1. The molecule has 1 aromatic rings. The third kappa shape index (κ3) is 1.64. The number of halogens is 2. The van der Waals surface area contributed by atoms with E-state index in [1.165, 1.54) is 6.07 Å². The molecule has 1 aliphatic carbocycles. The Kier molecular flexibility index (Phi) is 2.49. The Morgan fingerprint density at radius 2 is 2.14 bits per heavy atom. The van der Waals surface area contributed by atoms with Crippen molar-refractivity contribution < 1.29 is 9.50 Å². The molecule has 76 valence electrons. The Bertz CT molecular complexity index is 365. The molecule has 1 saturated carbocycles. The maximum absolute atomic E-state index is 13.0. The van der Waals surface area contributed by atoms with E-state index in [1.54, 1.807) is 6.07 Å². The molecule has 0 bridgehead atoms. The lowest BCUT2D eigenvalue weighted by Gasteiger charge is -2.13. The van der Waals surface area contributed by atoms with Gasteiger partial charge < -0.3 is 10.8 Å². The summed E-state index contributed by atoms with van der Waals surface area (Å²) in [7, 11) is 0. The van der Waals surface area contributed by atoms with Crippen molar-refractivity contribution in [3.63, 3.8) is 0 Å². The predicted octanol–water partition coefficient (Wildman–Crippen LogP) is 2.70. The van der Waals surface area contributed by atoms with Crippen LogP contribution in [0.5, 0.6) is 5.75 Å². The summed E-state index contributed by atoms with van der Waals surface area (Å²) in [5.74, 6) is -0.0862. The number of hydrogen-bond donors (Lipinski definition) is 2. The van der Waals surface area contributed by atoms with Gasteiger partial charge >= 0.3 is 0 Å². The summed E-state index contributed by atoms with van der Waals surface area (Å²) in [4.78, 5) is 0. The average molecular weight is 260 g/mol. The first kappa shape index (κ1) is 9.93. The Morgan fingerprint density at radius 3 is 2.71 bits per heavy atom. The molecule has 0 radical (unpaired) electrons. The summed E-state index contributed by atoms with van der Waals surface area (Å²) >= 11 is 2.99. The predicted molar refractivity (Wildman–Crippen MR) is 55.4 cm³/mol. The lowest BCUT2D eigenvalue weighted by atomic mass is 10.0. The fourth-order valence-corrected chi connectivity index (χ4v) is 1.89. The summed E-state index contributed by atoms with van der Waals surface area (Å²) in [5, 5.41) is 9.66. The Morgan fingerprint density at radius 1 is 1.50 bits per heavy atom. The zero-order valence-corrected chi connectivity index (χ0v) is 9.09. The van der Waals surface area contributed by atoms with Gasteiger partial charge in [-0.3, -0.25) is 0 Å². The lowest BCUT2D eigenvalue weighted by Crippen LogP contribution is -2.12. The molecule has 0 unspecified atom stereocenters. The highest BCUT2D eigenvalue weighted by molar-refractivity contribution is 9.10. The number of hydrogen-bond acceptors (Lipinski definition) is 2. The molecule has 1 fully saturated rings. The van der Waals surface area contributed by atoms with Gasteiger partial charge in [-0.1, -0.05) is 6.07 Å². The molecule has 0 amide bonds. The van der Waals surface area contributed by atoms with Crippen LogP contribution in [0.3, 0.4) is 0 Å². The summed E-state index contributed by atoms with van der Waals surface area (Å²) in [6.07, 6.45) is 2.19. The van der Waals surface area contributed by atoms with Crippen molar-refractivity contribution in [3.8, 4) is 5.75 Å². The standard InChI is InChI=1S/C10H11BrFNO/c11-8-7(12)4-3-6(10(8)14)9(13)5-1-2-5/h3-5,9,14H,1-2,13H2/t9-/m1/s1. The van der Waals surface area contributed by atoms with Crippen LogP contribution in [0.2, 0.25) is 0 Å². The molecule has 0 aromatic heterocycles. The number of benzene rings is 1. The molecule has 1 atom stereocenters. The third-order valence-electron chi connectivity index (χ3n) is 2.59. The highest BCUT2D eigenvalue weighted by atomic mass is 79.9. The van der Waals surface area contributed by atoms with Crippen LogP contribution in [-0.2, 0) is 0 Å². The van der Waals surface area contributed by atoms with Crippen LogP contribution >= 0.6 is 15.9 Å². The highest BCUT2D eigenvalue weighted by Crippen LogP contribution is 2.43. The van der Waals surface area contributed by atoms with Gasteiger partial charge in [0.25, 0.3) is 0 Å². The summed E-state index contributed by atoms with van der Waals surface area (Å²) < 4.78 is 13.1. The summed E-state index contributed by atoms with van der Waals surface area (Å²) in [6, 6.07) is 2.70. The van der Waals surface area contributed by atoms with E-state index < -0.39 is 5.82 Å². The number of rotatable bonds is 2. The lowest BCUT2D eigenvalue weighted by molar-refractivity contribution is 0.445. The van der Waals surface area contributed by atoms with E-state index in [2.05, 4.69) is 15.9 Å². The summed E-state index contributed by atoms with van der Waals surface area (Å²) in [6.45, 7) is 0. The van der Waals surface area contributed by atoms with Crippen LogP contribution in [-0.4, -0.2) is 5.11 Å². The zero-order chi connectivity index (χ0) is 10.3. The maximum atomic E-state index is 13.0. The van der Waals surface area contributed by atoms with Crippen molar-refractivity contribution in [2.45, 2.75) is 18.9 Å². The molecule has 0 saturated heterocycles.